The van der Waals surface area contributed by atoms with Crippen LogP contribution in [0.3, 0.4) is 0 Å². The molecule has 3 aromatic rings. The molecule has 1 aromatic carbocycles. The van der Waals surface area contributed by atoms with Crippen LogP contribution in [0.15, 0.2) is 36.5 Å². The molecule has 2 bridgehead atoms. The first-order valence-corrected chi connectivity index (χ1v) is 7.98. The van der Waals surface area contributed by atoms with Gasteiger partial charge in [0.25, 0.3) is 0 Å². The summed E-state index contributed by atoms with van der Waals surface area (Å²) in [6.45, 7) is 2.11. The summed E-state index contributed by atoms with van der Waals surface area (Å²) in [7, 11) is 0. The Morgan fingerprint density at radius 3 is 3.09 bits per heavy atom. The Hall–Kier alpha value is -2.20. The standard InChI is InChI=1S/C18H18N4/c1-11-3-2-4-12(7-11)16-9-18-19-10-14-15-6-5-13(20-15)8-17(14)22(18)21-16/h2-4,7,9-10,13,15,20H,5-6,8H2,1H3/t13-,15+/m1/s1. The van der Waals surface area contributed by atoms with Crippen LogP contribution in [-0.2, 0) is 6.42 Å². The topological polar surface area (TPSA) is 42.2 Å². The molecule has 110 valence electrons. The van der Waals surface area contributed by atoms with Crippen molar-refractivity contribution in [3.63, 3.8) is 0 Å². The lowest BCUT2D eigenvalue weighted by Gasteiger charge is -2.24. The molecule has 4 heteroatoms. The van der Waals surface area contributed by atoms with Crippen molar-refractivity contribution in [1.82, 2.24) is 19.9 Å². The lowest BCUT2D eigenvalue weighted by atomic mass is 10.0. The van der Waals surface area contributed by atoms with E-state index in [1.807, 2.05) is 6.20 Å². The van der Waals surface area contributed by atoms with Gasteiger partial charge in [0.05, 0.1) is 11.4 Å². The number of hydrogen-bond donors (Lipinski definition) is 1. The van der Waals surface area contributed by atoms with Gasteiger partial charge >= 0.3 is 0 Å². The molecule has 2 aliphatic heterocycles. The average molecular weight is 290 g/mol. The Morgan fingerprint density at radius 2 is 2.18 bits per heavy atom. The maximum atomic E-state index is 4.86. The van der Waals surface area contributed by atoms with Gasteiger partial charge in [0, 0.05) is 41.9 Å². The molecular formula is C18H18N4. The second kappa shape index (κ2) is 4.40. The number of hydrogen-bond acceptors (Lipinski definition) is 3. The first-order valence-electron chi connectivity index (χ1n) is 7.98. The minimum atomic E-state index is 0.470. The molecule has 5 rings (SSSR count). The average Bonchev–Trinajstić information content (AvgIpc) is 3.12. The van der Waals surface area contributed by atoms with Crippen molar-refractivity contribution < 1.29 is 0 Å². The molecule has 1 N–H and O–H groups in total. The minimum absolute atomic E-state index is 0.470. The Morgan fingerprint density at radius 1 is 1.23 bits per heavy atom. The first kappa shape index (κ1) is 12.4. The van der Waals surface area contributed by atoms with E-state index in [4.69, 9.17) is 5.10 Å². The fourth-order valence-electron chi connectivity index (χ4n) is 3.89. The zero-order valence-corrected chi connectivity index (χ0v) is 12.6. The van der Waals surface area contributed by atoms with Crippen LogP contribution in [0.1, 0.15) is 35.7 Å². The van der Waals surface area contributed by atoms with E-state index in [1.54, 1.807) is 0 Å². The summed E-state index contributed by atoms with van der Waals surface area (Å²) in [4.78, 5) is 4.64. The largest absolute Gasteiger partial charge is 0.307 e. The smallest absolute Gasteiger partial charge is 0.155 e. The lowest BCUT2D eigenvalue weighted by Crippen LogP contribution is -2.33. The highest BCUT2D eigenvalue weighted by Gasteiger charge is 2.34. The maximum Gasteiger partial charge on any atom is 0.155 e. The zero-order chi connectivity index (χ0) is 14.7. The Labute approximate surface area is 129 Å². The predicted octanol–water partition coefficient (Wildman–Crippen LogP) is 3.05. The molecule has 0 radical (unpaired) electrons. The number of aromatic nitrogens is 3. The molecule has 22 heavy (non-hydrogen) atoms. The molecule has 0 spiro atoms. The highest BCUT2D eigenvalue weighted by Crippen LogP contribution is 2.35. The van der Waals surface area contributed by atoms with Gasteiger partial charge in [0.15, 0.2) is 5.65 Å². The van der Waals surface area contributed by atoms with Crippen LogP contribution in [-0.4, -0.2) is 20.6 Å². The van der Waals surface area contributed by atoms with Gasteiger partial charge in [-0.3, -0.25) is 0 Å². The molecule has 4 nitrogen and oxygen atoms in total. The first-order chi connectivity index (χ1) is 10.8. The second-order valence-electron chi connectivity index (χ2n) is 6.53. The fourth-order valence-corrected chi connectivity index (χ4v) is 3.89. The van der Waals surface area contributed by atoms with E-state index >= 15 is 0 Å². The van der Waals surface area contributed by atoms with Crippen molar-refractivity contribution in [2.45, 2.75) is 38.3 Å². The van der Waals surface area contributed by atoms with E-state index < -0.39 is 0 Å². The van der Waals surface area contributed by atoms with E-state index in [1.165, 1.54) is 29.7 Å². The van der Waals surface area contributed by atoms with Gasteiger partial charge in [0.1, 0.15) is 0 Å². The number of nitrogens with one attached hydrogen (secondary N) is 1. The third kappa shape index (κ3) is 1.74. The van der Waals surface area contributed by atoms with Crippen LogP contribution < -0.4 is 5.32 Å². The summed E-state index contributed by atoms with van der Waals surface area (Å²) in [5, 5.41) is 8.54. The monoisotopic (exact) mass is 290 g/mol. The molecule has 2 aromatic heterocycles. The number of nitrogens with zero attached hydrogens (tertiary/aromatic N) is 3. The summed E-state index contributed by atoms with van der Waals surface area (Å²) in [5.74, 6) is 0. The van der Waals surface area contributed by atoms with Crippen LogP contribution in [0.2, 0.25) is 0 Å². The summed E-state index contributed by atoms with van der Waals surface area (Å²) in [5.41, 5.74) is 7.06. The van der Waals surface area contributed by atoms with Crippen LogP contribution in [0.4, 0.5) is 0 Å². The van der Waals surface area contributed by atoms with E-state index in [2.05, 4.69) is 52.1 Å². The normalized spacial score (nSPS) is 23.0. The van der Waals surface area contributed by atoms with Crippen molar-refractivity contribution in [2.75, 3.05) is 0 Å². The Balaban J connectivity index is 1.70. The quantitative estimate of drug-likeness (QED) is 0.749. The Bertz CT molecular complexity index is 880. The molecular weight excluding hydrogens is 272 g/mol. The van der Waals surface area contributed by atoms with Crippen molar-refractivity contribution in [2.24, 2.45) is 0 Å². The van der Waals surface area contributed by atoms with Gasteiger partial charge in [-0.25, -0.2) is 9.50 Å². The molecule has 1 saturated heterocycles. The van der Waals surface area contributed by atoms with Crippen LogP contribution in [0.5, 0.6) is 0 Å². The van der Waals surface area contributed by atoms with Crippen LogP contribution >= 0.6 is 0 Å². The maximum absolute atomic E-state index is 4.86. The van der Waals surface area contributed by atoms with Gasteiger partial charge in [-0.1, -0.05) is 23.8 Å². The van der Waals surface area contributed by atoms with Crippen molar-refractivity contribution in [3.8, 4) is 11.3 Å². The third-order valence-corrected chi connectivity index (χ3v) is 4.99. The number of aryl methyl sites for hydroxylation is 1. The van der Waals surface area contributed by atoms with Crippen molar-refractivity contribution in [1.29, 1.82) is 0 Å². The number of fused-ring (bicyclic) bond motifs is 6. The third-order valence-electron chi connectivity index (χ3n) is 4.99. The second-order valence-corrected chi connectivity index (χ2v) is 6.53. The summed E-state index contributed by atoms with van der Waals surface area (Å²) < 4.78 is 2.07. The van der Waals surface area contributed by atoms with Crippen LogP contribution in [0.25, 0.3) is 16.9 Å². The van der Waals surface area contributed by atoms with Crippen molar-refractivity contribution in [3.05, 3.63) is 53.3 Å². The molecule has 0 amide bonds. The van der Waals surface area contributed by atoms with Crippen molar-refractivity contribution >= 4 is 5.65 Å². The lowest BCUT2D eigenvalue weighted by molar-refractivity contribution is 0.496. The highest BCUT2D eigenvalue weighted by atomic mass is 15.3. The summed E-state index contributed by atoms with van der Waals surface area (Å²) >= 11 is 0. The number of rotatable bonds is 1. The molecule has 2 atom stereocenters. The van der Waals surface area contributed by atoms with E-state index in [9.17, 15) is 0 Å². The SMILES string of the molecule is Cc1cccc(-c2cc3ncc4c(n3n2)C[C@H]2CC[C@@H]4N2)c1. The van der Waals surface area contributed by atoms with Gasteiger partial charge in [-0.15, -0.1) is 0 Å². The fraction of sp³-hybridized carbons (Fsp3) is 0.333. The molecule has 0 unspecified atom stereocenters. The molecule has 2 aliphatic rings. The van der Waals surface area contributed by atoms with E-state index in [0.29, 0.717) is 12.1 Å². The zero-order valence-electron chi connectivity index (χ0n) is 12.6. The predicted molar refractivity (Wildman–Crippen MR) is 85.8 cm³/mol. The molecule has 0 saturated carbocycles. The van der Waals surface area contributed by atoms with Crippen LogP contribution in [0, 0.1) is 6.92 Å². The molecule has 4 heterocycles. The van der Waals surface area contributed by atoms with E-state index in [-0.39, 0.29) is 0 Å². The van der Waals surface area contributed by atoms with Gasteiger partial charge in [-0.05, 0) is 25.8 Å². The highest BCUT2D eigenvalue weighted by molar-refractivity contribution is 5.65. The van der Waals surface area contributed by atoms with Gasteiger partial charge in [-0.2, -0.15) is 5.10 Å². The van der Waals surface area contributed by atoms with E-state index in [0.717, 1.165) is 23.3 Å². The molecule has 0 aliphatic carbocycles. The summed E-state index contributed by atoms with van der Waals surface area (Å²) in [6, 6.07) is 11.7. The summed E-state index contributed by atoms with van der Waals surface area (Å²) in [6.07, 6.45) is 5.58. The van der Waals surface area contributed by atoms with Gasteiger partial charge in [0.2, 0.25) is 0 Å². The van der Waals surface area contributed by atoms with Gasteiger partial charge < -0.3 is 5.32 Å². The molecule has 1 fully saturated rings. The number of benzene rings is 1. The Kier molecular flexibility index (Phi) is 2.47. The minimum Gasteiger partial charge on any atom is -0.307 e.